The number of hydrogen-bond donors (Lipinski definition) is 1. The SMILES string of the molecule is CC(C(=O)O)N1CCN(Cc2ccc(C(C)(C)C)s2)CC1. The van der Waals surface area contributed by atoms with Crippen molar-refractivity contribution in [1.82, 2.24) is 9.80 Å². The Kier molecular flexibility index (Phi) is 5.07. The van der Waals surface area contributed by atoms with Gasteiger partial charge in [0.1, 0.15) is 6.04 Å². The first-order chi connectivity index (χ1) is 9.77. The van der Waals surface area contributed by atoms with Gasteiger partial charge in [0.05, 0.1) is 0 Å². The molecule has 0 bridgehead atoms. The summed E-state index contributed by atoms with van der Waals surface area (Å²) in [6.07, 6.45) is 0. The lowest BCUT2D eigenvalue weighted by molar-refractivity contribution is -0.143. The topological polar surface area (TPSA) is 43.8 Å². The number of rotatable bonds is 4. The number of carboxylic acid groups (broad SMARTS) is 1. The van der Waals surface area contributed by atoms with Gasteiger partial charge in [-0.1, -0.05) is 20.8 Å². The summed E-state index contributed by atoms with van der Waals surface area (Å²) in [6.45, 7) is 13.1. The van der Waals surface area contributed by atoms with Crippen LogP contribution >= 0.6 is 11.3 Å². The monoisotopic (exact) mass is 310 g/mol. The first kappa shape index (κ1) is 16.5. The van der Waals surface area contributed by atoms with Crippen molar-refractivity contribution in [3.05, 3.63) is 21.9 Å². The Morgan fingerprint density at radius 1 is 1.29 bits per heavy atom. The fourth-order valence-corrected chi connectivity index (χ4v) is 3.66. The predicted molar refractivity (Wildman–Crippen MR) is 87.0 cm³/mol. The molecule has 4 nitrogen and oxygen atoms in total. The molecule has 2 rings (SSSR count). The molecule has 5 heteroatoms. The zero-order chi connectivity index (χ0) is 15.6. The molecule has 1 fully saturated rings. The standard InChI is InChI=1S/C16H26N2O2S/c1-12(15(19)20)18-9-7-17(8-10-18)11-13-5-6-14(21-13)16(2,3)4/h5-6,12H,7-11H2,1-4H3,(H,19,20). The van der Waals surface area contributed by atoms with E-state index in [0.29, 0.717) is 0 Å². The van der Waals surface area contributed by atoms with Gasteiger partial charge in [-0.2, -0.15) is 0 Å². The second-order valence-corrected chi connectivity index (χ2v) is 8.01. The third kappa shape index (κ3) is 4.28. The van der Waals surface area contributed by atoms with Crippen molar-refractivity contribution in [2.75, 3.05) is 26.2 Å². The van der Waals surface area contributed by atoms with Crippen molar-refractivity contribution < 1.29 is 9.90 Å². The summed E-state index contributed by atoms with van der Waals surface area (Å²) in [5, 5.41) is 9.06. The highest BCUT2D eigenvalue weighted by atomic mass is 32.1. The normalized spacial score (nSPS) is 19.6. The van der Waals surface area contributed by atoms with Gasteiger partial charge in [0.15, 0.2) is 0 Å². The zero-order valence-corrected chi connectivity index (χ0v) is 14.2. The lowest BCUT2D eigenvalue weighted by Gasteiger charge is -2.36. The van der Waals surface area contributed by atoms with Gasteiger partial charge >= 0.3 is 5.97 Å². The molecule has 0 spiro atoms. The van der Waals surface area contributed by atoms with E-state index in [1.165, 1.54) is 9.75 Å². The fraction of sp³-hybridized carbons (Fsp3) is 0.688. The Balaban J connectivity index is 1.86. The smallest absolute Gasteiger partial charge is 0.320 e. The minimum Gasteiger partial charge on any atom is -0.480 e. The molecule has 1 aromatic heterocycles. The first-order valence-electron chi connectivity index (χ1n) is 7.56. The van der Waals surface area contributed by atoms with Crippen LogP contribution in [0.3, 0.4) is 0 Å². The van der Waals surface area contributed by atoms with Crippen molar-refractivity contribution in [2.24, 2.45) is 0 Å². The number of aliphatic carboxylic acids is 1. The van der Waals surface area contributed by atoms with E-state index in [1.54, 1.807) is 6.92 Å². The maximum Gasteiger partial charge on any atom is 0.320 e. The van der Waals surface area contributed by atoms with Crippen LogP contribution in [0.2, 0.25) is 0 Å². The van der Waals surface area contributed by atoms with Gasteiger partial charge in [-0.15, -0.1) is 11.3 Å². The van der Waals surface area contributed by atoms with Crippen molar-refractivity contribution in [1.29, 1.82) is 0 Å². The van der Waals surface area contributed by atoms with E-state index >= 15 is 0 Å². The van der Waals surface area contributed by atoms with E-state index in [-0.39, 0.29) is 11.5 Å². The third-order valence-electron chi connectivity index (χ3n) is 4.09. The molecule has 1 unspecified atom stereocenters. The van der Waals surface area contributed by atoms with Gasteiger partial charge in [0.2, 0.25) is 0 Å². The second kappa shape index (κ2) is 6.46. The summed E-state index contributed by atoms with van der Waals surface area (Å²) in [4.78, 5) is 18.3. The Hall–Kier alpha value is -0.910. The van der Waals surface area contributed by atoms with Crippen LogP contribution in [0.15, 0.2) is 12.1 Å². The summed E-state index contributed by atoms with van der Waals surface area (Å²) in [5.74, 6) is -0.725. The van der Waals surface area contributed by atoms with E-state index in [4.69, 9.17) is 5.11 Å². The third-order valence-corrected chi connectivity index (χ3v) is 5.59. The summed E-state index contributed by atoms with van der Waals surface area (Å²) < 4.78 is 0. The predicted octanol–water partition coefficient (Wildman–Crippen LogP) is 2.64. The van der Waals surface area contributed by atoms with Crippen LogP contribution in [0, 0.1) is 0 Å². The maximum absolute atomic E-state index is 11.0. The molecule has 1 aliphatic heterocycles. The van der Waals surface area contributed by atoms with E-state index in [1.807, 2.05) is 16.2 Å². The minimum atomic E-state index is -0.725. The Bertz CT molecular complexity index is 485. The molecule has 1 aromatic rings. The fourth-order valence-electron chi connectivity index (χ4n) is 2.55. The van der Waals surface area contributed by atoms with E-state index in [9.17, 15) is 4.79 Å². The van der Waals surface area contributed by atoms with Crippen molar-refractivity contribution >= 4 is 17.3 Å². The molecular formula is C16H26N2O2S. The van der Waals surface area contributed by atoms with Crippen LogP contribution < -0.4 is 0 Å². The van der Waals surface area contributed by atoms with Crippen LogP contribution in [-0.2, 0) is 16.8 Å². The van der Waals surface area contributed by atoms with Gasteiger partial charge in [-0.05, 0) is 24.5 Å². The molecular weight excluding hydrogens is 284 g/mol. The Labute approximate surface area is 131 Å². The lowest BCUT2D eigenvalue weighted by Crippen LogP contribution is -2.51. The highest BCUT2D eigenvalue weighted by molar-refractivity contribution is 7.12. The molecule has 21 heavy (non-hydrogen) atoms. The van der Waals surface area contributed by atoms with Crippen LogP contribution in [-0.4, -0.2) is 53.1 Å². The Morgan fingerprint density at radius 2 is 1.90 bits per heavy atom. The number of piperazine rings is 1. The Morgan fingerprint density at radius 3 is 2.38 bits per heavy atom. The van der Waals surface area contributed by atoms with Gasteiger partial charge < -0.3 is 5.11 Å². The zero-order valence-electron chi connectivity index (χ0n) is 13.4. The number of carbonyl (C=O) groups is 1. The number of hydrogen-bond acceptors (Lipinski definition) is 4. The molecule has 118 valence electrons. The largest absolute Gasteiger partial charge is 0.480 e. The molecule has 0 aromatic carbocycles. The van der Waals surface area contributed by atoms with E-state index < -0.39 is 5.97 Å². The van der Waals surface area contributed by atoms with Gasteiger partial charge in [0, 0.05) is 42.5 Å². The summed E-state index contributed by atoms with van der Waals surface area (Å²) in [6, 6.07) is 4.10. The quantitative estimate of drug-likeness (QED) is 0.928. The van der Waals surface area contributed by atoms with Crippen LogP contribution in [0.5, 0.6) is 0 Å². The molecule has 2 heterocycles. The average molecular weight is 310 g/mol. The van der Waals surface area contributed by atoms with Gasteiger partial charge in [0.25, 0.3) is 0 Å². The molecule has 0 saturated carbocycles. The first-order valence-corrected chi connectivity index (χ1v) is 8.37. The molecule has 1 aliphatic rings. The van der Waals surface area contributed by atoms with Crippen molar-refractivity contribution in [3.63, 3.8) is 0 Å². The van der Waals surface area contributed by atoms with Crippen molar-refractivity contribution in [3.8, 4) is 0 Å². The van der Waals surface area contributed by atoms with Crippen molar-refractivity contribution in [2.45, 2.75) is 45.7 Å². The van der Waals surface area contributed by atoms with Gasteiger partial charge in [-0.3, -0.25) is 14.6 Å². The van der Waals surface area contributed by atoms with Crippen LogP contribution in [0.1, 0.15) is 37.4 Å². The molecule has 1 N–H and O–H groups in total. The molecule has 1 atom stereocenters. The maximum atomic E-state index is 11.0. The van der Waals surface area contributed by atoms with Crippen LogP contribution in [0.25, 0.3) is 0 Å². The molecule has 1 saturated heterocycles. The second-order valence-electron chi connectivity index (χ2n) is 6.84. The minimum absolute atomic E-state index is 0.221. The summed E-state index contributed by atoms with van der Waals surface area (Å²) >= 11 is 1.90. The number of thiophene rings is 1. The highest BCUT2D eigenvalue weighted by Crippen LogP contribution is 2.30. The molecule has 0 radical (unpaired) electrons. The van der Waals surface area contributed by atoms with E-state index in [0.717, 1.165) is 32.7 Å². The number of nitrogens with zero attached hydrogens (tertiary/aromatic N) is 2. The lowest BCUT2D eigenvalue weighted by atomic mass is 9.95. The molecule has 0 amide bonds. The summed E-state index contributed by atoms with van der Waals surface area (Å²) in [5.41, 5.74) is 0.221. The highest BCUT2D eigenvalue weighted by Gasteiger charge is 2.25. The van der Waals surface area contributed by atoms with E-state index in [2.05, 4.69) is 37.8 Å². The summed E-state index contributed by atoms with van der Waals surface area (Å²) in [7, 11) is 0. The van der Waals surface area contributed by atoms with Crippen LogP contribution in [0.4, 0.5) is 0 Å². The van der Waals surface area contributed by atoms with Gasteiger partial charge in [-0.25, -0.2) is 0 Å². The average Bonchev–Trinajstić information content (AvgIpc) is 2.87. The molecule has 0 aliphatic carbocycles. The number of carboxylic acids is 1.